The number of likely N-dealkylation sites (tertiary alicyclic amines) is 1. The van der Waals surface area contributed by atoms with Crippen molar-refractivity contribution >= 4 is 12.0 Å². The van der Waals surface area contributed by atoms with E-state index >= 15 is 0 Å². The molecule has 7 heteroatoms. The van der Waals surface area contributed by atoms with Crippen LogP contribution < -0.4 is 5.32 Å². The lowest BCUT2D eigenvalue weighted by atomic mass is 10.1. The van der Waals surface area contributed by atoms with Crippen LogP contribution in [0.4, 0.5) is 0 Å². The molecule has 1 aliphatic rings. The first kappa shape index (κ1) is 19.3. The molecule has 0 saturated carbocycles. The van der Waals surface area contributed by atoms with E-state index in [-0.39, 0.29) is 5.91 Å². The Kier molecular flexibility index (Phi) is 7.12. The zero-order valence-corrected chi connectivity index (χ0v) is 15.8. The van der Waals surface area contributed by atoms with Gasteiger partial charge in [-0.3, -0.25) is 9.69 Å². The lowest BCUT2D eigenvalue weighted by Crippen LogP contribution is -2.34. The van der Waals surface area contributed by atoms with E-state index < -0.39 is 0 Å². The molecule has 3 rings (SSSR count). The van der Waals surface area contributed by atoms with E-state index in [1.54, 1.807) is 13.3 Å². The fourth-order valence-electron chi connectivity index (χ4n) is 3.18. The van der Waals surface area contributed by atoms with Crippen LogP contribution in [0.25, 0.3) is 6.08 Å². The monoisotopic (exact) mass is 369 g/mol. The molecule has 1 amide bonds. The summed E-state index contributed by atoms with van der Waals surface area (Å²) in [7, 11) is 1.60. The maximum Gasteiger partial charge on any atom is 0.273 e. The first-order valence-corrected chi connectivity index (χ1v) is 9.39. The van der Waals surface area contributed by atoms with Gasteiger partial charge >= 0.3 is 0 Å². The molecule has 0 atom stereocenters. The van der Waals surface area contributed by atoms with Gasteiger partial charge < -0.3 is 10.1 Å². The van der Waals surface area contributed by atoms with E-state index in [0.29, 0.717) is 24.9 Å². The summed E-state index contributed by atoms with van der Waals surface area (Å²) in [6, 6.07) is 10.6. The lowest BCUT2D eigenvalue weighted by molar-refractivity contribution is 0.0932. The average molecular weight is 369 g/mol. The predicted molar refractivity (Wildman–Crippen MR) is 104 cm³/mol. The molecule has 0 radical (unpaired) electrons. The molecule has 1 aliphatic heterocycles. The zero-order valence-electron chi connectivity index (χ0n) is 15.8. The molecular weight excluding hydrogens is 342 g/mol. The average Bonchev–Trinajstić information content (AvgIpc) is 3.20. The minimum absolute atomic E-state index is 0.207. The van der Waals surface area contributed by atoms with Crippen LogP contribution in [0.3, 0.4) is 0 Å². The van der Waals surface area contributed by atoms with Gasteiger partial charge in [0.25, 0.3) is 5.91 Å². The van der Waals surface area contributed by atoms with Crippen LogP contribution in [0.15, 0.2) is 42.6 Å². The Hall–Kier alpha value is -2.51. The number of hydrogen-bond donors (Lipinski definition) is 1. The maximum atomic E-state index is 12.0. The summed E-state index contributed by atoms with van der Waals surface area (Å²) in [4.78, 5) is 14.4. The van der Waals surface area contributed by atoms with Gasteiger partial charge in [0.05, 0.1) is 18.8 Å². The van der Waals surface area contributed by atoms with Crippen LogP contribution in [0.5, 0.6) is 0 Å². The maximum absolute atomic E-state index is 12.0. The van der Waals surface area contributed by atoms with Crippen molar-refractivity contribution in [2.45, 2.75) is 18.9 Å². The van der Waals surface area contributed by atoms with Crippen molar-refractivity contribution in [3.05, 3.63) is 53.9 Å². The zero-order chi connectivity index (χ0) is 18.9. The van der Waals surface area contributed by atoms with Gasteiger partial charge in [0.2, 0.25) is 0 Å². The lowest BCUT2D eigenvalue weighted by Gasteiger charge is -2.30. The molecule has 1 fully saturated rings. The van der Waals surface area contributed by atoms with Crippen LogP contribution in [-0.2, 0) is 4.74 Å². The number of nitrogens with zero attached hydrogens (tertiary/aromatic N) is 4. The summed E-state index contributed by atoms with van der Waals surface area (Å²) in [6.07, 6.45) is 8.14. The first-order chi connectivity index (χ1) is 13.3. The topological polar surface area (TPSA) is 72.3 Å². The Balaban J connectivity index is 1.44. The van der Waals surface area contributed by atoms with Crippen LogP contribution in [0.1, 0.15) is 34.9 Å². The molecule has 2 aromatic rings. The number of benzene rings is 1. The highest BCUT2D eigenvalue weighted by Crippen LogP contribution is 2.21. The Bertz CT molecular complexity index is 736. The fraction of sp³-hybridized carbons (Fsp3) is 0.450. The molecule has 1 aromatic heterocycles. The number of aromatic nitrogens is 3. The van der Waals surface area contributed by atoms with Gasteiger partial charge in [-0.25, -0.2) is 4.68 Å². The van der Waals surface area contributed by atoms with Gasteiger partial charge in [-0.2, -0.15) is 0 Å². The second-order valence-electron chi connectivity index (χ2n) is 6.68. The predicted octanol–water partition coefficient (Wildman–Crippen LogP) is 2.00. The van der Waals surface area contributed by atoms with Crippen LogP contribution >= 0.6 is 0 Å². The molecule has 2 heterocycles. The number of piperidine rings is 1. The van der Waals surface area contributed by atoms with Gasteiger partial charge in [0.1, 0.15) is 0 Å². The van der Waals surface area contributed by atoms with Gasteiger partial charge in [-0.1, -0.05) is 47.7 Å². The molecule has 144 valence electrons. The molecule has 0 bridgehead atoms. The molecule has 1 aromatic carbocycles. The number of nitrogens with one attached hydrogen (secondary N) is 1. The normalized spacial score (nSPS) is 16.0. The van der Waals surface area contributed by atoms with Crippen LogP contribution in [-0.4, -0.2) is 65.7 Å². The van der Waals surface area contributed by atoms with Crippen molar-refractivity contribution in [1.82, 2.24) is 25.2 Å². The summed E-state index contributed by atoms with van der Waals surface area (Å²) in [5.74, 6) is -0.207. The largest absolute Gasteiger partial charge is 0.383 e. The summed E-state index contributed by atoms with van der Waals surface area (Å²) >= 11 is 0. The van der Waals surface area contributed by atoms with Crippen LogP contribution in [0, 0.1) is 0 Å². The van der Waals surface area contributed by atoms with E-state index in [4.69, 9.17) is 4.74 Å². The number of rotatable bonds is 8. The Morgan fingerprint density at radius 1 is 1.30 bits per heavy atom. The Labute approximate surface area is 160 Å². The highest BCUT2D eigenvalue weighted by atomic mass is 16.5. The smallest absolute Gasteiger partial charge is 0.273 e. The minimum atomic E-state index is -0.207. The standard InChI is InChI=1S/C20H27N5O2/c1-27-15-11-21-20(26)19-16-25(23-22-19)18-9-13-24(14-10-18)12-5-8-17-6-3-2-4-7-17/h2-8,16,18H,9-15H2,1H3,(H,21,26)/b8-5+. The van der Waals surface area contributed by atoms with E-state index in [0.717, 1.165) is 32.5 Å². The molecule has 7 nitrogen and oxygen atoms in total. The van der Waals surface area contributed by atoms with Gasteiger partial charge in [-0.05, 0) is 18.4 Å². The third-order valence-corrected chi connectivity index (χ3v) is 4.74. The molecular formula is C20H27N5O2. The van der Waals surface area contributed by atoms with E-state index in [9.17, 15) is 4.79 Å². The summed E-state index contributed by atoms with van der Waals surface area (Å²) < 4.78 is 6.76. The summed E-state index contributed by atoms with van der Waals surface area (Å²) in [5, 5.41) is 10.9. The molecule has 0 unspecified atom stereocenters. The Morgan fingerprint density at radius 3 is 2.81 bits per heavy atom. The Morgan fingerprint density at radius 2 is 2.07 bits per heavy atom. The number of methoxy groups -OCH3 is 1. The second-order valence-corrected chi connectivity index (χ2v) is 6.68. The van der Waals surface area contributed by atoms with Gasteiger partial charge in [0.15, 0.2) is 5.69 Å². The highest BCUT2D eigenvalue weighted by Gasteiger charge is 2.22. The second kappa shape index (κ2) is 9.99. The van der Waals surface area contributed by atoms with E-state index in [2.05, 4.69) is 56.9 Å². The fourth-order valence-corrected chi connectivity index (χ4v) is 3.18. The molecule has 0 aliphatic carbocycles. The third kappa shape index (κ3) is 5.74. The molecule has 27 heavy (non-hydrogen) atoms. The van der Waals surface area contributed by atoms with Crippen molar-refractivity contribution in [2.24, 2.45) is 0 Å². The minimum Gasteiger partial charge on any atom is -0.383 e. The highest BCUT2D eigenvalue weighted by molar-refractivity contribution is 5.91. The van der Waals surface area contributed by atoms with Gasteiger partial charge in [0, 0.05) is 33.3 Å². The number of ether oxygens (including phenoxy) is 1. The van der Waals surface area contributed by atoms with Crippen molar-refractivity contribution in [2.75, 3.05) is 39.9 Å². The quantitative estimate of drug-likeness (QED) is 0.721. The van der Waals surface area contributed by atoms with Crippen LogP contribution in [0.2, 0.25) is 0 Å². The van der Waals surface area contributed by atoms with Crippen molar-refractivity contribution < 1.29 is 9.53 Å². The van der Waals surface area contributed by atoms with Crippen molar-refractivity contribution in [3.8, 4) is 0 Å². The van der Waals surface area contributed by atoms with E-state index in [1.165, 1.54) is 5.56 Å². The van der Waals surface area contributed by atoms with E-state index in [1.807, 2.05) is 10.7 Å². The van der Waals surface area contributed by atoms with Crippen molar-refractivity contribution in [1.29, 1.82) is 0 Å². The van der Waals surface area contributed by atoms with Gasteiger partial charge in [-0.15, -0.1) is 5.10 Å². The third-order valence-electron chi connectivity index (χ3n) is 4.74. The SMILES string of the molecule is COCCNC(=O)c1cn(C2CCN(C/C=C/c3ccccc3)CC2)nn1. The number of amides is 1. The number of hydrogen-bond acceptors (Lipinski definition) is 5. The molecule has 0 spiro atoms. The molecule has 1 N–H and O–H groups in total. The summed E-state index contributed by atoms with van der Waals surface area (Å²) in [5.41, 5.74) is 1.59. The molecule has 1 saturated heterocycles. The van der Waals surface area contributed by atoms with Crippen molar-refractivity contribution in [3.63, 3.8) is 0 Å². The number of carbonyl (C=O) groups is 1. The first-order valence-electron chi connectivity index (χ1n) is 9.39. The summed E-state index contributed by atoms with van der Waals surface area (Å²) in [6.45, 7) is 3.93. The number of carbonyl (C=O) groups excluding carboxylic acids is 1.